The normalized spacial score (nSPS) is 10.4. The second kappa shape index (κ2) is 7.13. The van der Waals surface area contributed by atoms with Crippen LogP contribution in [0.3, 0.4) is 0 Å². The van der Waals surface area contributed by atoms with Crippen LogP contribution in [0.4, 0.5) is 0 Å². The lowest BCUT2D eigenvalue weighted by atomic mass is 10.0. The molecular weight excluding hydrogens is 312 g/mol. The van der Waals surface area contributed by atoms with Gasteiger partial charge in [0.2, 0.25) is 0 Å². The van der Waals surface area contributed by atoms with Gasteiger partial charge < -0.3 is 0 Å². The Bertz CT molecular complexity index is 870. The number of benzene rings is 2. The molecule has 1 heterocycles. The first-order valence-electron chi connectivity index (χ1n) is 8.07. The van der Waals surface area contributed by atoms with Crippen LogP contribution >= 0.6 is 0 Å². The largest absolute Gasteiger partial charge is 0.275 e. The fourth-order valence-corrected chi connectivity index (χ4v) is 2.75. The molecule has 0 aliphatic heterocycles. The van der Waals surface area contributed by atoms with Gasteiger partial charge in [0.25, 0.3) is 5.91 Å². The maximum Gasteiger partial charge on any atom is 0.275 e. The van der Waals surface area contributed by atoms with Crippen molar-refractivity contribution in [2.24, 2.45) is 12.1 Å². The average Bonchev–Trinajstić information content (AvgIpc) is 2.89. The molecule has 0 saturated carbocycles. The van der Waals surface area contributed by atoms with Gasteiger partial charge in [0.1, 0.15) is 0 Å². The van der Waals surface area contributed by atoms with Gasteiger partial charge in [-0.15, -0.1) is 0 Å². The van der Waals surface area contributed by atoms with Crippen molar-refractivity contribution >= 4 is 11.6 Å². The summed E-state index contributed by atoms with van der Waals surface area (Å²) >= 11 is 0. The van der Waals surface area contributed by atoms with E-state index >= 15 is 0 Å². The number of nitrogens with one attached hydrogen (secondary N) is 1. The Hall–Kier alpha value is -3.21. The number of carbonyl (C=O) groups excluding carboxylic acids is 1. The Morgan fingerprint density at radius 3 is 1.92 bits per heavy atom. The van der Waals surface area contributed by atoms with Crippen LogP contribution in [0.1, 0.15) is 32.9 Å². The van der Waals surface area contributed by atoms with E-state index in [0.717, 1.165) is 16.8 Å². The number of aryl methyl sites for hydroxylation is 2. The summed E-state index contributed by atoms with van der Waals surface area (Å²) in [7, 11) is 1.82. The number of nitrogens with zero attached hydrogens (tertiary/aromatic N) is 3. The molecular formula is C20H20N4O. The molecule has 0 spiro atoms. The van der Waals surface area contributed by atoms with Crippen molar-refractivity contribution in [2.75, 3.05) is 0 Å². The van der Waals surface area contributed by atoms with Crippen LogP contribution in [-0.4, -0.2) is 21.4 Å². The lowest BCUT2D eigenvalue weighted by Crippen LogP contribution is -2.22. The molecule has 5 nitrogen and oxygen atoms in total. The van der Waals surface area contributed by atoms with Crippen molar-refractivity contribution in [1.29, 1.82) is 0 Å². The second-order valence-corrected chi connectivity index (χ2v) is 5.80. The van der Waals surface area contributed by atoms with E-state index < -0.39 is 0 Å². The Labute approximate surface area is 147 Å². The maximum absolute atomic E-state index is 12.6. The van der Waals surface area contributed by atoms with E-state index in [2.05, 4.69) is 15.6 Å². The fourth-order valence-electron chi connectivity index (χ4n) is 2.75. The van der Waals surface area contributed by atoms with Gasteiger partial charge in [-0.2, -0.15) is 10.2 Å². The standard InChI is InChI=1S/C20H20N4O/c1-14-18(15(2)24(3)23-14)20(25)22-21-19(16-10-6-4-7-11-16)17-12-8-5-9-13-17/h4-13H,1-3H3,(H,22,25). The van der Waals surface area contributed by atoms with Gasteiger partial charge in [0, 0.05) is 23.9 Å². The first-order chi connectivity index (χ1) is 12.1. The summed E-state index contributed by atoms with van der Waals surface area (Å²) in [6.45, 7) is 3.69. The van der Waals surface area contributed by atoms with E-state index in [1.54, 1.807) is 4.68 Å². The zero-order valence-electron chi connectivity index (χ0n) is 14.5. The molecule has 0 saturated heterocycles. The Morgan fingerprint density at radius 2 is 1.48 bits per heavy atom. The average molecular weight is 332 g/mol. The molecule has 25 heavy (non-hydrogen) atoms. The summed E-state index contributed by atoms with van der Waals surface area (Å²) < 4.78 is 1.70. The van der Waals surface area contributed by atoms with Gasteiger partial charge in [-0.05, 0) is 13.8 Å². The van der Waals surface area contributed by atoms with Crippen LogP contribution in [-0.2, 0) is 7.05 Å². The van der Waals surface area contributed by atoms with Gasteiger partial charge in [0.05, 0.1) is 17.0 Å². The minimum atomic E-state index is -0.257. The number of hydrogen-bond donors (Lipinski definition) is 1. The topological polar surface area (TPSA) is 59.3 Å². The van der Waals surface area contributed by atoms with Gasteiger partial charge in [0.15, 0.2) is 0 Å². The molecule has 3 rings (SSSR count). The highest BCUT2D eigenvalue weighted by Crippen LogP contribution is 2.13. The third-order valence-electron chi connectivity index (χ3n) is 4.10. The van der Waals surface area contributed by atoms with E-state index in [9.17, 15) is 4.79 Å². The summed E-state index contributed by atoms with van der Waals surface area (Å²) in [5.74, 6) is -0.257. The van der Waals surface area contributed by atoms with E-state index in [-0.39, 0.29) is 5.91 Å². The van der Waals surface area contributed by atoms with Gasteiger partial charge in [-0.3, -0.25) is 9.48 Å². The van der Waals surface area contributed by atoms with E-state index in [1.165, 1.54) is 0 Å². The van der Waals surface area contributed by atoms with Gasteiger partial charge >= 0.3 is 0 Å². The van der Waals surface area contributed by atoms with Crippen LogP contribution < -0.4 is 5.43 Å². The minimum Gasteiger partial charge on any atom is -0.272 e. The molecule has 1 N–H and O–H groups in total. The maximum atomic E-state index is 12.6. The number of aromatic nitrogens is 2. The number of hydrazone groups is 1. The van der Waals surface area contributed by atoms with Crippen LogP contribution in [0.25, 0.3) is 0 Å². The second-order valence-electron chi connectivity index (χ2n) is 5.80. The van der Waals surface area contributed by atoms with Crippen LogP contribution in [0, 0.1) is 13.8 Å². The Morgan fingerprint density at radius 1 is 0.960 bits per heavy atom. The molecule has 0 aliphatic rings. The smallest absolute Gasteiger partial charge is 0.272 e. The predicted molar refractivity (Wildman–Crippen MR) is 98.7 cm³/mol. The molecule has 0 aliphatic carbocycles. The lowest BCUT2D eigenvalue weighted by molar-refractivity contribution is 0.0953. The third kappa shape index (κ3) is 3.50. The van der Waals surface area contributed by atoms with Crippen molar-refractivity contribution in [1.82, 2.24) is 15.2 Å². The summed E-state index contributed by atoms with van der Waals surface area (Å²) in [6.07, 6.45) is 0. The molecule has 0 fully saturated rings. The Balaban J connectivity index is 1.96. The van der Waals surface area contributed by atoms with Crippen molar-refractivity contribution in [3.8, 4) is 0 Å². The third-order valence-corrected chi connectivity index (χ3v) is 4.10. The van der Waals surface area contributed by atoms with Crippen molar-refractivity contribution in [3.63, 3.8) is 0 Å². The molecule has 126 valence electrons. The first kappa shape index (κ1) is 16.6. The predicted octanol–water partition coefficient (Wildman–Crippen LogP) is 3.22. The quantitative estimate of drug-likeness (QED) is 0.589. The van der Waals surface area contributed by atoms with Gasteiger partial charge in [-0.25, -0.2) is 5.43 Å². The highest BCUT2D eigenvalue weighted by atomic mass is 16.2. The molecule has 0 radical (unpaired) electrons. The summed E-state index contributed by atoms with van der Waals surface area (Å²) in [5.41, 5.74) is 7.34. The zero-order chi connectivity index (χ0) is 17.8. The number of carbonyl (C=O) groups is 1. The van der Waals surface area contributed by atoms with Gasteiger partial charge in [-0.1, -0.05) is 60.7 Å². The number of amides is 1. The molecule has 0 atom stereocenters. The molecule has 3 aromatic rings. The van der Waals surface area contributed by atoms with E-state index in [0.29, 0.717) is 17.0 Å². The van der Waals surface area contributed by atoms with Crippen LogP contribution in [0.5, 0.6) is 0 Å². The first-order valence-corrected chi connectivity index (χ1v) is 8.07. The molecule has 5 heteroatoms. The molecule has 2 aromatic carbocycles. The highest BCUT2D eigenvalue weighted by molar-refractivity contribution is 6.13. The number of hydrogen-bond acceptors (Lipinski definition) is 3. The lowest BCUT2D eigenvalue weighted by Gasteiger charge is -2.08. The summed E-state index contributed by atoms with van der Waals surface area (Å²) in [4.78, 5) is 12.6. The van der Waals surface area contributed by atoms with Crippen LogP contribution in [0.15, 0.2) is 65.8 Å². The monoisotopic (exact) mass is 332 g/mol. The fraction of sp³-hybridized carbons (Fsp3) is 0.150. The SMILES string of the molecule is Cc1nn(C)c(C)c1C(=O)NN=C(c1ccccc1)c1ccccc1. The Kier molecular flexibility index (Phi) is 4.75. The molecule has 1 aromatic heterocycles. The van der Waals surface area contributed by atoms with E-state index in [4.69, 9.17) is 0 Å². The van der Waals surface area contributed by atoms with Crippen molar-refractivity contribution < 1.29 is 4.79 Å². The highest BCUT2D eigenvalue weighted by Gasteiger charge is 2.17. The molecule has 0 unspecified atom stereocenters. The summed E-state index contributed by atoms with van der Waals surface area (Å²) in [5, 5.41) is 8.69. The summed E-state index contributed by atoms with van der Waals surface area (Å²) in [6, 6.07) is 19.6. The zero-order valence-corrected chi connectivity index (χ0v) is 14.5. The van der Waals surface area contributed by atoms with E-state index in [1.807, 2.05) is 81.6 Å². The van der Waals surface area contributed by atoms with Crippen LogP contribution in [0.2, 0.25) is 0 Å². The van der Waals surface area contributed by atoms with Crippen molar-refractivity contribution in [2.45, 2.75) is 13.8 Å². The number of rotatable bonds is 4. The molecule has 1 amide bonds. The minimum absolute atomic E-state index is 0.257. The van der Waals surface area contributed by atoms with Crippen molar-refractivity contribution in [3.05, 3.63) is 88.7 Å². The molecule has 0 bridgehead atoms.